The molecule has 0 fully saturated rings. The highest BCUT2D eigenvalue weighted by Gasteiger charge is 2.17. The van der Waals surface area contributed by atoms with Gasteiger partial charge < -0.3 is 10.3 Å². The van der Waals surface area contributed by atoms with E-state index in [0.29, 0.717) is 27.7 Å². The summed E-state index contributed by atoms with van der Waals surface area (Å²) in [5.74, 6) is -0.617. The average molecular weight is 387 g/mol. The van der Waals surface area contributed by atoms with Crippen molar-refractivity contribution in [3.05, 3.63) is 89.5 Å². The minimum Gasteiger partial charge on any atom is -0.345 e. The van der Waals surface area contributed by atoms with Gasteiger partial charge in [0, 0.05) is 28.9 Å². The number of hydrogen-bond acceptors (Lipinski definition) is 3. The number of carbonyl (C=O) groups is 2. The van der Waals surface area contributed by atoms with Crippen molar-refractivity contribution in [1.29, 1.82) is 0 Å². The third kappa shape index (κ3) is 3.78. The number of rotatable bonds is 5. The number of carbonyl (C=O) groups excluding carboxylic acids is 2. The first-order valence-electron chi connectivity index (χ1n) is 9.14. The van der Waals surface area contributed by atoms with Gasteiger partial charge >= 0.3 is 0 Å². The SMILES string of the molecule is CC(NC(=O)c1c[nH]c2ncc(-c3ccc(C=O)cc3)cc12)c1cccc(F)c1. The third-order valence-corrected chi connectivity index (χ3v) is 4.85. The number of aldehydes is 1. The van der Waals surface area contributed by atoms with Gasteiger partial charge in [0.05, 0.1) is 11.6 Å². The molecule has 1 unspecified atom stereocenters. The van der Waals surface area contributed by atoms with E-state index in [4.69, 9.17) is 0 Å². The van der Waals surface area contributed by atoms with Crippen LogP contribution in [0.1, 0.15) is 39.2 Å². The fraction of sp³-hybridized carbons (Fsp3) is 0.0870. The van der Waals surface area contributed by atoms with E-state index in [1.807, 2.05) is 18.2 Å². The second-order valence-electron chi connectivity index (χ2n) is 6.81. The summed E-state index contributed by atoms with van der Waals surface area (Å²) in [6.07, 6.45) is 4.12. The lowest BCUT2D eigenvalue weighted by molar-refractivity contribution is 0.0941. The van der Waals surface area contributed by atoms with Gasteiger partial charge in [0.25, 0.3) is 5.91 Å². The molecule has 6 heteroatoms. The molecule has 1 atom stereocenters. The largest absolute Gasteiger partial charge is 0.345 e. The Morgan fingerprint density at radius 1 is 1.14 bits per heavy atom. The number of amides is 1. The number of benzene rings is 2. The van der Waals surface area contributed by atoms with Crippen LogP contribution < -0.4 is 5.32 Å². The minimum absolute atomic E-state index is 0.275. The number of nitrogens with one attached hydrogen (secondary N) is 2. The van der Waals surface area contributed by atoms with Gasteiger partial charge in [-0.05, 0) is 36.2 Å². The maximum absolute atomic E-state index is 13.5. The van der Waals surface area contributed by atoms with E-state index in [1.165, 1.54) is 12.1 Å². The van der Waals surface area contributed by atoms with Crippen molar-refractivity contribution >= 4 is 23.2 Å². The van der Waals surface area contributed by atoms with Gasteiger partial charge in [0.2, 0.25) is 0 Å². The van der Waals surface area contributed by atoms with Crippen molar-refractivity contribution in [1.82, 2.24) is 15.3 Å². The van der Waals surface area contributed by atoms with Crippen LogP contribution in [0, 0.1) is 5.82 Å². The van der Waals surface area contributed by atoms with E-state index < -0.39 is 0 Å². The average Bonchev–Trinajstić information content (AvgIpc) is 3.17. The van der Waals surface area contributed by atoms with Gasteiger partial charge in [-0.15, -0.1) is 0 Å². The first-order chi connectivity index (χ1) is 14.0. The smallest absolute Gasteiger partial charge is 0.253 e. The van der Waals surface area contributed by atoms with Crippen molar-refractivity contribution in [2.75, 3.05) is 0 Å². The molecule has 0 radical (unpaired) electrons. The molecule has 29 heavy (non-hydrogen) atoms. The molecule has 2 heterocycles. The van der Waals surface area contributed by atoms with Crippen molar-refractivity contribution in [3.63, 3.8) is 0 Å². The van der Waals surface area contributed by atoms with Crippen molar-refractivity contribution in [2.45, 2.75) is 13.0 Å². The minimum atomic E-state index is -0.352. The quantitative estimate of drug-likeness (QED) is 0.489. The van der Waals surface area contributed by atoms with Crippen LogP contribution in [0.25, 0.3) is 22.2 Å². The molecule has 0 aliphatic carbocycles. The maximum Gasteiger partial charge on any atom is 0.253 e. The molecule has 2 aromatic heterocycles. The van der Waals surface area contributed by atoms with Gasteiger partial charge in [-0.25, -0.2) is 9.37 Å². The Hall–Kier alpha value is -3.80. The predicted molar refractivity (Wildman–Crippen MR) is 109 cm³/mol. The van der Waals surface area contributed by atoms with Gasteiger partial charge in [0.15, 0.2) is 0 Å². The van der Waals surface area contributed by atoms with Gasteiger partial charge in [-0.2, -0.15) is 0 Å². The fourth-order valence-corrected chi connectivity index (χ4v) is 3.24. The lowest BCUT2D eigenvalue weighted by Crippen LogP contribution is -2.26. The molecule has 5 nitrogen and oxygen atoms in total. The zero-order chi connectivity index (χ0) is 20.4. The van der Waals surface area contributed by atoms with Crippen molar-refractivity contribution < 1.29 is 14.0 Å². The topological polar surface area (TPSA) is 74.8 Å². The van der Waals surface area contributed by atoms with E-state index in [1.54, 1.807) is 43.6 Å². The molecule has 1 amide bonds. The molecule has 2 N–H and O–H groups in total. The summed E-state index contributed by atoms with van der Waals surface area (Å²) >= 11 is 0. The molecule has 0 bridgehead atoms. The Morgan fingerprint density at radius 2 is 1.93 bits per heavy atom. The summed E-state index contributed by atoms with van der Waals surface area (Å²) in [5, 5.41) is 3.59. The summed E-state index contributed by atoms with van der Waals surface area (Å²) in [4.78, 5) is 31.1. The lowest BCUT2D eigenvalue weighted by Gasteiger charge is -2.14. The van der Waals surface area contributed by atoms with Crippen LogP contribution in [0.5, 0.6) is 0 Å². The number of pyridine rings is 1. The third-order valence-electron chi connectivity index (χ3n) is 4.85. The first-order valence-corrected chi connectivity index (χ1v) is 9.14. The summed E-state index contributed by atoms with van der Waals surface area (Å²) in [7, 11) is 0. The molecule has 0 saturated carbocycles. The number of halogens is 1. The van der Waals surface area contributed by atoms with Crippen molar-refractivity contribution in [2.24, 2.45) is 0 Å². The van der Waals surface area contributed by atoms with Crippen LogP contribution in [0.2, 0.25) is 0 Å². The Balaban J connectivity index is 1.63. The zero-order valence-electron chi connectivity index (χ0n) is 15.6. The molecule has 0 aliphatic heterocycles. The Bertz CT molecular complexity index is 1200. The second kappa shape index (κ2) is 7.67. The molecule has 4 aromatic rings. The summed E-state index contributed by atoms with van der Waals surface area (Å²) in [6, 6.07) is 14.8. The number of aromatic amines is 1. The monoisotopic (exact) mass is 387 g/mol. The van der Waals surface area contributed by atoms with Crippen molar-refractivity contribution in [3.8, 4) is 11.1 Å². The molecule has 4 rings (SSSR count). The van der Waals surface area contributed by atoms with Crippen LogP contribution in [0.4, 0.5) is 4.39 Å². The number of fused-ring (bicyclic) bond motifs is 1. The molecule has 0 saturated heterocycles. The fourth-order valence-electron chi connectivity index (χ4n) is 3.24. The van der Waals surface area contributed by atoms with E-state index in [2.05, 4.69) is 15.3 Å². The Morgan fingerprint density at radius 3 is 2.66 bits per heavy atom. The predicted octanol–water partition coefficient (Wildman–Crippen LogP) is 4.67. The van der Waals surface area contributed by atoms with E-state index in [-0.39, 0.29) is 17.8 Å². The Labute approximate surface area is 166 Å². The molecule has 0 spiro atoms. The maximum atomic E-state index is 13.5. The first kappa shape index (κ1) is 18.6. The number of aromatic nitrogens is 2. The Kier molecular flexibility index (Phi) is 4.91. The van der Waals surface area contributed by atoms with Gasteiger partial charge in [0.1, 0.15) is 17.8 Å². The summed E-state index contributed by atoms with van der Waals surface area (Å²) in [6.45, 7) is 1.81. The lowest BCUT2D eigenvalue weighted by atomic mass is 10.0. The number of nitrogens with zero attached hydrogens (tertiary/aromatic N) is 1. The van der Waals surface area contributed by atoms with Crippen LogP contribution in [0.15, 0.2) is 67.0 Å². The summed E-state index contributed by atoms with van der Waals surface area (Å²) in [5.41, 5.74) is 4.07. The normalized spacial score (nSPS) is 11.9. The number of hydrogen-bond donors (Lipinski definition) is 2. The molecule has 0 aliphatic rings. The van der Waals surface area contributed by atoms with Gasteiger partial charge in [-0.1, -0.05) is 36.4 Å². The second-order valence-corrected chi connectivity index (χ2v) is 6.81. The van der Waals surface area contributed by atoms with Crippen LogP contribution >= 0.6 is 0 Å². The van der Waals surface area contributed by atoms with Gasteiger partial charge in [-0.3, -0.25) is 9.59 Å². The van der Waals surface area contributed by atoms with E-state index in [0.717, 1.165) is 17.4 Å². The highest BCUT2D eigenvalue weighted by Crippen LogP contribution is 2.25. The van der Waals surface area contributed by atoms with Crippen LogP contribution in [0.3, 0.4) is 0 Å². The van der Waals surface area contributed by atoms with E-state index in [9.17, 15) is 14.0 Å². The van der Waals surface area contributed by atoms with E-state index >= 15 is 0 Å². The molecular formula is C23H18FN3O2. The van der Waals surface area contributed by atoms with Crippen LogP contribution in [-0.4, -0.2) is 22.2 Å². The zero-order valence-corrected chi connectivity index (χ0v) is 15.6. The summed E-state index contributed by atoms with van der Waals surface area (Å²) < 4.78 is 13.5. The molecule has 2 aromatic carbocycles. The molecule has 144 valence electrons. The highest BCUT2D eigenvalue weighted by atomic mass is 19.1. The number of H-pyrrole nitrogens is 1. The highest BCUT2D eigenvalue weighted by molar-refractivity contribution is 6.06. The van der Waals surface area contributed by atoms with Crippen LogP contribution in [-0.2, 0) is 0 Å². The molecular weight excluding hydrogens is 369 g/mol. The standard InChI is InChI=1S/C23H18FN3O2/c1-14(17-3-2-4-19(24)9-17)27-23(29)21-12-26-22-20(21)10-18(11-25-22)16-7-5-15(13-28)6-8-16/h2-14H,1H3,(H,25,26)(H,27,29).